The minimum atomic E-state index is -0.293. The molecule has 1 aliphatic heterocycles. The lowest BCUT2D eigenvalue weighted by molar-refractivity contribution is 0.590. The van der Waals surface area contributed by atoms with Gasteiger partial charge < -0.3 is 15.2 Å². The van der Waals surface area contributed by atoms with Gasteiger partial charge in [-0.3, -0.25) is 4.57 Å². The van der Waals surface area contributed by atoms with E-state index in [-0.39, 0.29) is 17.5 Å². The molecular formula is C19H21FN4O. The van der Waals surface area contributed by atoms with Crippen LogP contribution in [0.15, 0.2) is 47.3 Å². The Labute approximate surface area is 145 Å². The number of aromatic amines is 1. The van der Waals surface area contributed by atoms with Gasteiger partial charge >= 0.3 is 5.69 Å². The number of anilines is 1. The molecule has 1 aromatic heterocycles. The van der Waals surface area contributed by atoms with Crippen LogP contribution in [0.3, 0.4) is 0 Å². The second kappa shape index (κ2) is 6.37. The molecule has 1 saturated heterocycles. The topological polar surface area (TPSA) is 53.1 Å². The zero-order valence-corrected chi connectivity index (χ0v) is 14.1. The molecule has 0 radical (unpaired) electrons. The number of nitrogens with zero attached hydrogens (tertiary/aromatic N) is 2. The number of para-hydroxylation sites is 1. The van der Waals surface area contributed by atoms with E-state index in [4.69, 9.17) is 0 Å². The predicted octanol–water partition coefficient (Wildman–Crippen LogP) is 2.49. The predicted molar refractivity (Wildman–Crippen MR) is 97.9 cm³/mol. The SMILES string of the molecule is CC(c1cccc(F)c1)n1c(=O)[nH]c2c(N3CCNCC3)cccc21. The van der Waals surface area contributed by atoms with Gasteiger partial charge in [0.05, 0.1) is 22.8 Å². The van der Waals surface area contributed by atoms with E-state index in [1.807, 2.05) is 31.2 Å². The van der Waals surface area contributed by atoms with E-state index in [1.165, 1.54) is 12.1 Å². The molecule has 2 aromatic carbocycles. The third-order valence-corrected chi connectivity index (χ3v) is 4.91. The van der Waals surface area contributed by atoms with Gasteiger partial charge in [0.2, 0.25) is 0 Å². The van der Waals surface area contributed by atoms with Crippen molar-refractivity contribution in [1.82, 2.24) is 14.9 Å². The lowest BCUT2D eigenvalue weighted by Gasteiger charge is -2.29. The molecule has 25 heavy (non-hydrogen) atoms. The van der Waals surface area contributed by atoms with Crippen molar-refractivity contribution >= 4 is 16.7 Å². The van der Waals surface area contributed by atoms with Gasteiger partial charge in [0.25, 0.3) is 0 Å². The summed E-state index contributed by atoms with van der Waals surface area (Å²) in [5, 5.41) is 3.34. The second-order valence-electron chi connectivity index (χ2n) is 6.44. The molecule has 1 unspecified atom stereocenters. The molecule has 2 N–H and O–H groups in total. The van der Waals surface area contributed by atoms with Gasteiger partial charge in [0, 0.05) is 26.2 Å². The van der Waals surface area contributed by atoms with Crippen LogP contribution in [0.5, 0.6) is 0 Å². The Kier molecular flexibility index (Phi) is 4.05. The van der Waals surface area contributed by atoms with E-state index in [0.717, 1.165) is 48.5 Å². The minimum Gasteiger partial charge on any atom is -0.367 e. The summed E-state index contributed by atoms with van der Waals surface area (Å²) in [5.41, 5.74) is 3.33. The molecule has 130 valence electrons. The first-order valence-corrected chi connectivity index (χ1v) is 8.59. The first kappa shape index (κ1) is 15.9. The van der Waals surface area contributed by atoms with E-state index in [0.29, 0.717) is 0 Å². The number of nitrogens with one attached hydrogen (secondary N) is 2. The Morgan fingerprint density at radius 1 is 1.12 bits per heavy atom. The van der Waals surface area contributed by atoms with Gasteiger partial charge in [0.15, 0.2) is 0 Å². The molecular weight excluding hydrogens is 319 g/mol. The number of benzene rings is 2. The van der Waals surface area contributed by atoms with Crippen molar-refractivity contribution in [3.05, 3.63) is 64.3 Å². The van der Waals surface area contributed by atoms with Crippen LogP contribution >= 0.6 is 0 Å². The Morgan fingerprint density at radius 2 is 1.88 bits per heavy atom. The van der Waals surface area contributed by atoms with Gasteiger partial charge in [-0.15, -0.1) is 0 Å². The van der Waals surface area contributed by atoms with Gasteiger partial charge in [-0.1, -0.05) is 18.2 Å². The first-order chi connectivity index (χ1) is 12.1. The molecule has 0 saturated carbocycles. The van der Waals surface area contributed by atoms with Crippen LogP contribution in [0.2, 0.25) is 0 Å². The minimum absolute atomic E-state index is 0.172. The summed E-state index contributed by atoms with van der Waals surface area (Å²) in [6.07, 6.45) is 0. The number of H-pyrrole nitrogens is 1. The van der Waals surface area contributed by atoms with Gasteiger partial charge in [-0.05, 0) is 36.8 Å². The zero-order valence-electron chi connectivity index (χ0n) is 14.1. The van der Waals surface area contributed by atoms with Crippen LogP contribution in [0.25, 0.3) is 11.0 Å². The van der Waals surface area contributed by atoms with Crippen LogP contribution in [0.1, 0.15) is 18.5 Å². The smallest absolute Gasteiger partial charge is 0.327 e. The van der Waals surface area contributed by atoms with Crippen molar-refractivity contribution in [2.45, 2.75) is 13.0 Å². The summed E-state index contributed by atoms with van der Waals surface area (Å²) in [4.78, 5) is 17.9. The average Bonchev–Trinajstić information content (AvgIpc) is 2.97. The van der Waals surface area contributed by atoms with Gasteiger partial charge in [-0.2, -0.15) is 0 Å². The Balaban J connectivity index is 1.82. The molecule has 1 fully saturated rings. The monoisotopic (exact) mass is 340 g/mol. The fraction of sp³-hybridized carbons (Fsp3) is 0.316. The molecule has 0 aliphatic carbocycles. The summed E-state index contributed by atoms with van der Waals surface area (Å²) < 4.78 is 15.3. The largest absolute Gasteiger partial charge is 0.367 e. The van der Waals surface area contributed by atoms with Crippen LogP contribution in [-0.2, 0) is 0 Å². The Hall–Kier alpha value is -2.60. The maximum atomic E-state index is 13.6. The Bertz CT molecular complexity index is 955. The highest BCUT2D eigenvalue weighted by molar-refractivity contribution is 5.89. The number of imidazole rings is 1. The summed E-state index contributed by atoms with van der Waals surface area (Å²) >= 11 is 0. The quantitative estimate of drug-likeness (QED) is 0.770. The van der Waals surface area contributed by atoms with Crippen molar-refractivity contribution in [2.24, 2.45) is 0 Å². The van der Waals surface area contributed by atoms with Crippen LogP contribution in [-0.4, -0.2) is 35.7 Å². The normalized spacial score (nSPS) is 16.3. The van der Waals surface area contributed by atoms with E-state index in [2.05, 4.69) is 15.2 Å². The van der Waals surface area contributed by atoms with Gasteiger partial charge in [-0.25, -0.2) is 9.18 Å². The molecule has 3 aromatic rings. The Morgan fingerprint density at radius 3 is 2.64 bits per heavy atom. The van der Waals surface area contributed by atoms with Crippen molar-refractivity contribution in [3.63, 3.8) is 0 Å². The number of fused-ring (bicyclic) bond motifs is 1. The highest BCUT2D eigenvalue weighted by Gasteiger charge is 2.20. The molecule has 0 spiro atoms. The third kappa shape index (κ3) is 2.82. The van der Waals surface area contributed by atoms with Crippen molar-refractivity contribution in [2.75, 3.05) is 31.1 Å². The zero-order chi connectivity index (χ0) is 17.4. The summed E-state index contributed by atoms with van der Waals surface area (Å²) in [7, 11) is 0. The second-order valence-corrected chi connectivity index (χ2v) is 6.44. The van der Waals surface area contributed by atoms with E-state index < -0.39 is 0 Å². The highest BCUT2D eigenvalue weighted by atomic mass is 19.1. The van der Waals surface area contributed by atoms with E-state index in [1.54, 1.807) is 10.6 Å². The lowest BCUT2D eigenvalue weighted by Crippen LogP contribution is -2.43. The maximum absolute atomic E-state index is 13.6. The van der Waals surface area contributed by atoms with Crippen LogP contribution in [0.4, 0.5) is 10.1 Å². The maximum Gasteiger partial charge on any atom is 0.327 e. The molecule has 4 rings (SSSR count). The van der Waals surface area contributed by atoms with E-state index in [9.17, 15) is 9.18 Å². The molecule has 0 amide bonds. The first-order valence-electron chi connectivity index (χ1n) is 8.59. The number of hydrogen-bond acceptors (Lipinski definition) is 3. The summed E-state index contributed by atoms with van der Waals surface area (Å²) in [6.45, 7) is 5.60. The molecule has 0 bridgehead atoms. The molecule has 1 atom stereocenters. The van der Waals surface area contributed by atoms with Crippen LogP contribution in [0, 0.1) is 5.82 Å². The average molecular weight is 340 g/mol. The molecule has 6 heteroatoms. The number of piperazine rings is 1. The third-order valence-electron chi connectivity index (χ3n) is 4.91. The molecule has 2 heterocycles. The van der Waals surface area contributed by atoms with Crippen molar-refractivity contribution in [3.8, 4) is 0 Å². The number of aromatic nitrogens is 2. The standard InChI is InChI=1S/C19H21FN4O/c1-13(14-4-2-5-15(20)12-14)24-17-7-3-6-16(18(17)22-19(24)25)23-10-8-21-9-11-23/h2-7,12-13,21H,8-11H2,1H3,(H,22,25). The number of halogens is 1. The fourth-order valence-electron chi connectivity index (χ4n) is 3.60. The number of hydrogen-bond donors (Lipinski definition) is 2. The fourth-order valence-corrected chi connectivity index (χ4v) is 3.60. The van der Waals surface area contributed by atoms with Crippen molar-refractivity contribution < 1.29 is 4.39 Å². The summed E-state index contributed by atoms with van der Waals surface area (Å²) in [6, 6.07) is 12.1. The number of rotatable bonds is 3. The summed E-state index contributed by atoms with van der Waals surface area (Å²) in [5.74, 6) is -0.293. The lowest BCUT2D eigenvalue weighted by atomic mass is 10.1. The molecule has 5 nitrogen and oxygen atoms in total. The highest BCUT2D eigenvalue weighted by Crippen LogP contribution is 2.28. The van der Waals surface area contributed by atoms with Gasteiger partial charge in [0.1, 0.15) is 5.82 Å². The van der Waals surface area contributed by atoms with Crippen LogP contribution < -0.4 is 15.9 Å². The van der Waals surface area contributed by atoms with E-state index >= 15 is 0 Å². The molecule has 1 aliphatic rings. The van der Waals surface area contributed by atoms with Crippen molar-refractivity contribution in [1.29, 1.82) is 0 Å².